The molecule has 0 aliphatic rings. The molecule has 0 aliphatic carbocycles. The van der Waals surface area contributed by atoms with Crippen LogP contribution in [0.5, 0.6) is 0 Å². The average Bonchev–Trinajstić information content (AvgIpc) is 2.35. The average molecular weight is 339 g/mol. The van der Waals surface area contributed by atoms with Gasteiger partial charge in [-0.1, -0.05) is 0 Å². The van der Waals surface area contributed by atoms with Gasteiger partial charge in [0.15, 0.2) is 0 Å². The summed E-state index contributed by atoms with van der Waals surface area (Å²) >= 11 is 2.05. The predicted octanol–water partition coefficient (Wildman–Crippen LogP) is 3.47. The van der Waals surface area contributed by atoms with Crippen LogP contribution in [0.15, 0.2) is 30.3 Å². The third-order valence-electron chi connectivity index (χ3n) is 2.52. The van der Waals surface area contributed by atoms with Gasteiger partial charge in [-0.05, 0) is 0 Å². The van der Waals surface area contributed by atoms with E-state index in [1.807, 2.05) is 28.4 Å². The standard InChI is InChI=1S/C16H19Te/c1-2-3-4-5-6-7-8-9-12-15-13-10-11-14-16(15)17/h9-14H,2-6H2,1H3/b12-9-. The van der Waals surface area contributed by atoms with Gasteiger partial charge in [0, 0.05) is 0 Å². The third-order valence-corrected chi connectivity index (χ3v) is 3.58. The van der Waals surface area contributed by atoms with Crippen LogP contribution in [0.2, 0.25) is 0 Å². The second-order valence-corrected chi connectivity index (χ2v) is 5.26. The first-order valence-corrected chi connectivity index (χ1v) is 7.42. The van der Waals surface area contributed by atoms with E-state index in [1.54, 1.807) is 0 Å². The maximum atomic E-state index is 3.20. The van der Waals surface area contributed by atoms with E-state index in [9.17, 15) is 0 Å². The van der Waals surface area contributed by atoms with Crippen molar-refractivity contribution in [2.24, 2.45) is 0 Å². The van der Waals surface area contributed by atoms with Crippen LogP contribution in [-0.4, -0.2) is 22.3 Å². The Hall–Kier alpha value is -0.690. The molecule has 0 amide bonds. The van der Waals surface area contributed by atoms with E-state index in [1.165, 1.54) is 34.9 Å². The molecule has 89 valence electrons. The van der Waals surface area contributed by atoms with Crippen molar-refractivity contribution in [3.05, 3.63) is 35.9 Å². The molecule has 0 unspecified atom stereocenters. The van der Waals surface area contributed by atoms with Gasteiger partial charge in [-0.3, -0.25) is 0 Å². The van der Waals surface area contributed by atoms with Gasteiger partial charge in [-0.2, -0.15) is 0 Å². The van der Waals surface area contributed by atoms with E-state index in [4.69, 9.17) is 0 Å². The van der Waals surface area contributed by atoms with E-state index in [0.29, 0.717) is 0 Å². The van der Waals surface area contributed by atoms with Gasteiger partial charge < -0.3 is 0 Å². The monoisotopic (exact) mass is 341 g/mol. The number of allylic oxidation sites excluding steroid dienone is 1. The molecule has 0 atom stereocenters. The first kappa shape index (κ1) is 14.4. The maximum absolute atomic E-state index is 3.20. The Balaban J connectivity index is 2.31. The van der Waals surface area contributed by atoms with Gasteiger partial charge in [0.1, 0.15) is 0 Å². The summed E-state index contributed by atoms with van der Waals surface area (Å²) in [6, 6.07) is 8.38. The van der Waals surface area contributed by atoms with Crippen molar-refractivity contribution in [2.45, 2.75) is 39.0 Å². The summed E-state index contributed by atoms with van der Waals surface area (Å²) in [6.45, 7) is 2.23. The fourth-order valence-corrected chi connectivity index (χ4v) is 2.13. The zero-order chi connectivity index (χ0) is 12.3. The summed E-state index contributed by atoms with van der Waals surface area (Å²) < 4.78 is 1.31. The molecule has 1 aromatic carbocycles. The fraction of sp³-hybridized carbons (Fsp3) is 0.375. The van der Waals surface area contributed by atoms with Crippen molar-refractivity contribution in [2.75, 3.05) is 0 Å². The molecule has 0 nitrogen and oxygen atoms in total. The summed E-state index contributed by atoms with van der Waals surface area (Å²) in [4.78, 5) is 0. The molecule has 0 bridgehead atoms. The predicted molar refractivity (Wildman–Crippen MR) is 77.4 cm³/mol. The van der Waals surface area contributed by atoms with Crippen LogP contribution < -0.4 is 3.61 Å². The van der Waals surface area contributed by atoms with Crippen molar-refractivity contribution in [3.8, 4) is 11.8 Å². The number of hydrogen-bond donors (Lipinski definition) is 0. The number of rotatable bonds is 5. The molecule has 0 spiro atoms. The Morgan fingerprint density at radius 2 is 2.00 bits per heavy atom. The van der Waals surface area contributed by atoms with E-state index >= 15 is 0 Å². The zero-order valence-corrected chi connectivity index (χ0v) is 12.7. The van der Waals surface area contributed by atoms with Gasteiger partial charge in [0.05, 0.1) is 0 Å². The third kappa shape index (κ3) is 6.57. The van der Waals surface area contributed by atoms with E-state index in [0.717, 1.165) is 6.42 Å². The van der Waals surface area contributed by atoms with Crippen LogP contribution in [0.1, 0.15) is 44.6 Å². The quantitative estimate of drug-likeness (QED) is 0.438. The van der Waals surface area contributed by atoms with Crippen molar-refractivity contribution < 1.29 is 0 Å². The molecule has 0 aromatic heterocycles. The summed E-state index contributed by atoms with van der Waals surface area (Å²) in [6.07, 6.45) is 10.3. The minimum atomic E-state index is 1.03. The Labute approximate surface area is 118 Å². The molecule has 0 heterocycles. The molecule has 17 heavy (non-hydrogen) atoms. The Kier molecular flexibility index (Phi) is 7.90. The molecule has 0 aliphatic heterocycles. The summed E-state index contributed by atoms with van der Waals surface area (Å²) in [5.41, 5.74) is 1.26. The van der Waals surface area contributed by atoms with Gasteiger partial charge >= 0.3 is 119 Å². The summed E-state index contributed by atoms with van der Waals surface area (Å²) in [7, 11) is 0. The second kappa shape index (κ2) is 9.35. The van der Waals surface area contributed by atoms with E-state index in [-0.39, 0.29) is 0 Å². The number of benzene rings is 1. The Morgan fingerprint density at radius 3 is 2.76 bits per heavy atom. The van der Waals surface area contributed by atoms with Crippen molar-refractivity contribution >= 4 is 32.0 Å². The summed E-state index contributed by atoms with van der Waals surface area (Å²) in [5, 5.41) is 0. The van der Waals surface area contributed by atoms with Crippen molar-refractivity contribution in [3.63, 3.8) is 0 Å². The molecule has 0 saturated heterocycles. The molecule has 0 fully saturated rings. The molecule has 1 rings (SSSR count). The first-order chi connectivity index (χ1) is 8.34. The molecule has 1 aromatic rings. The SMILES string of the molecule is CCCCCCC#C/C=C\c1ccccc1[Te]. The Bertz CT molecular complexity index is 407. The van der Waals surface area contributed by atoms with Gasteiger partial charge in [0.25, 0.3) is 0 Å². The van der Waals surface area contributed by atoms with E-state index in [2.05, 4.69) is 49.1 Å². The van der Waals surface area contributed by atoms with Crippen molar-refractivity contribution in [1.82, 2.24) is 0 Å². The molecule has 1 heteroatoms. The number of hydrogen-bond acceptors (Lipinski definition) is 0. The van der Waals surface area contributed by atoms with Crippen LogP contribution in [0.25, 0.3) is 6.08 Å². The zero-order valence-electron chi connectivity index (χ0n) is 10.4. The molecular weight excluding hydrogens is 320 g/mol. The second-order valence-electron chi connectivity index (χ2n) is 4.00. The van der Waals surface area contributed by atoms with E-state index < -0.39 is 0 Å². The number of unbranched alkanes of at least 4 members (excludes halogenated alkanes) is 4. The first-order valence-electron chi connectivity index (χ1n) is 6.25. The normalized spacial score (nSPS) is 10.2. The summed E-state index contributed by atoms with van der Waals surface area (Å²) in [5.74, 6) is 6.31. The fourth-order valence-electron chi connectivity index (χ4n) is 1.52. The van der Waals surface area contributed by atoms with Crippen LogP contribution in [0, 0.1) is 11.8 Å². The Morgan fingerprint density at radius 1 is 1.18 bits per heavy atom. The van der Waals surface area contributed by atoms with Crippen LogP contribution in [0.4, 0.5) is 0 Å². The van der Waals surface area contributed by atoms with Gasteiger partial charge in [-0.15, -0.1) is 0 Å². The molecular formula is C16H19Te. The van der Waals surface area contributed by atoms with Crippen LogP contribution in [0.3, 0.4) is 0 Å². The van der Waals surface area contributed by atoms with Crippen LogP contribution >= 0.6 is 0 Å². The minimum absolute atomic E-state index is 1.03. The van der Waals surface area contributed by atoms with Crippen molar-refractivity contribution in [1.29, 1.82) is 0 Å². The molecule has 1 radical (unpaired) electrons. The molecule has 0 saturated carbocycles. The van der Waals surface area contributed by atoms with Gasteiger partial charge in [-0.25, -0.2) is 0 Å². The molecule has 0 N–H and O–H groups in total. The van der Waals surface area contributed by atoms with Crippen LogP contribution in [-0.2, 0) is 0 Å². The van der Waals surface area contributed by atoms with Gasteiger partial charge in [0.2, 0.25) is 0 Å². The topological polar surface area (TPSA) is 0 Å².